The van der Waals surface area contributed by atoms with Gasteiger partial charge < -0.3 is 20.6 Å². The fourth-order valence-electron chi connectivity index (χ4n) is 3.03. The van der Waals surface area contributed by atoms with Gasteiger partial charge in [0.25, 0.3) is 0 Å². The van der Waals surface area contributed by atoms with Crippen LogP contribution in [0.5, 0.6) is 0 Å². The minimum absolute atomic E-state index is 0.0779. The van der Waals surface area contributed by atoms with Crippen LogP contribution >= 0.6 is 0 Å². The quantitative estimate of drug-likeness (QED) is 0.350. The largest absolute Gasteiger partial charge is 0.478 e. The molecule has 4 N–H and O–H groups in total. The predicted molar refractivity (Wildman–Crippen MR) is 117 cm³/mol. The van der Waals surface area contributed by atoms with Crippen molar-refractivity contribution in [3.05, 3.63) is 83.9 Å². The molecular weight excluding hydrogens is 382 g/mol. The zero-order chi connectivity index (χ0) is 22.4. The lowest BCUT2D eigenvalue weighted by Gasteiger charge is -2.35. The van der Waals surface area contributed by atoms with E-state index in [0.29, 0.717) is 12.2 Å². The van der Waals surface area contributed by atoms with Gasteiger partial charge in [-0.2, -0.15) is 0 Å². The summed E-state index contributed by atoms with van der Waals surface area (Å²) in [7, 11) is 0. The lowest BCUT2D eigenvalue weighted by molar-refractivity contribution is -0.134. The number of carboxylic acid groups (broad SMARTS) is 2. The van der Waals surface area contributed by atoms with Crippen LogP contribution in [-0.2, 0) is 15.2 Å². The third-order valence-corrected chi connectivity index (χ3v) is 4.67. The van der Waals surface area contributed by atoms with Crippen LogP contribution in [0.1, 0.15) is 37.8 Å². The molecule has 0 aromatic heterocycles. The first kappa shape index (κ1) is 25.1. The molecule has 0 amide bonds. The first-order chi connectivity index (χ1) is 14.3. The van der Waals surface area contributed by atoms with E-state index in [1.165, 1.54) is 12.8 Å². The summed E-state index contributed by atoms with van der Waals surface area (Å²) in [6, 6.07) is 20.0. The molecule has 2 aromatic carbocycles. The highest BCUT2D eigenvalue weighted by atomic mass is 16.4. The van der Waals surface area contributed by atoms with Crippen molar-refractivity contribution < 1.29 is 24.9 Å². The Labute approximate surface area is 177 Å². The number of carbonyl (C=O) groups is 2. The van der Waals surface area contributed by atoms with E-state index in [9.17, 15) is 14.7 Å². The molecule has 0 radical (unpaired) electrons. The molecule has 0 saturated heterocycles. The van der Waals surface area contributed by atoms with Crippen molar-refractivity contribution in [3.8, 4) is 0 Å². The van der Waals surface area contributed by atoms with E-state index in [1.54, 1.807) is 0 Å². The molecule has 2 rings (SSSR count). The molecular formula is C24H31NO5. The Balaban J connectivity index is 0.000000479. The smallest absolute Gasteiger partial charge is 0.328 e. The Morgan fingerprint density at radius 1 is 0.933 bits per heavy atom. The van der Waals surface area contributed by atoms with E-state index >= 15 is 0 Å². The number of unbranched alkanes of at least 4 members (excludes halogenated alkanes) is 1. The van der Waals surface area contributed by atoms with E-state index in [0.717, 1.165) is 24.2 Å². The number of aliphatic hydroxyl groups is 1. The van der Waals surface area contributed by atoms with Gasteiger partial charge in [-0.05, 0) is 24.1 Å². The summed E-state index contributed by atoms with van der Waals surface area (Å²) >= 11 is 0. The Bertz CT molecular complexity index is 734. The number of hydrogen-bond donors (Lipinski definition) is 4. The number of benzene rings is 2. The van der Waals surface area contributed by atoms with Gasteiger partial charge in [0, 0.05) is 24.6 Å². The fraction of sp³-hybridized carbons (Fsp3) is 0.333. The highest BCUT2D eigenvalue weighted by Gasteiger charge is 2.37. The third-order valence-electron chi connectivity index (χ3n) is 4.67. The highest BCUT2D eigenvalue weighted by molar-refractivity contribution is 5.89. The molecule has 0 heterocycles. The van der Waals surface area contributed by atoms with Crippen molar-refractivity contribution in [1.29, 1.82) is 0 Å². The zero-order valence-corrected chi connectivity index (χ0v) is 17.5. The Morgan fingerprint density at radius 3 is 1.73 bits per heavy atom. The highest BCUT2D eigenvalue weighted by Crippen LogP contribution is 2.36. The predicted octanol–water partition coefficient (Wildman–Crippen LogP) is 3.66. The molecule has 6 heteroatoms. The second-order valence-electron chi connectivity index (χ2n) is 6.97. The summed E-state index contributed by atoms with van der Waals surface area (Å²) in [5.41, 5.74) is 0.929. The molecule has 162 valence electrons. The standard InChI is InChI=1S/C20H27NO.C4H4O4/c1-3-4-15-21-16-17(2)20(22,18-11-7-5-8-12-18)19-13-9-6-10-14-19;5-3(6)1-2-4(7)8/h5-14,17,21-22H,3-4,15-16H2,1-2H3;1-2H,(H,5,6)(H,7,8). The normalized spacial score (nSPS) is 12.1. The third kappa shape index (κ3) is 8.19. The van der Waals surface area contributed by atoms with Gasteiger partial charge in [-0.3, -0.25) is 0 Å². The maximum Gasteiger partial charge on any atom is 0.328 e. The van der Waals surface area contributed by atoms with Gasteiger partial charge in [0.05, 0.1) is 0 Å². The van der Waals surface area contributed by atoms with E-state index in [-0.39, 0.29) is 5.92 Å². The maximum atomic E-state index is 11.5. The van der Waals surface area contributed by atoms with Crippen LogP contribution in [0.3, 0.4) is 0 Å². The SMILES string of the molecule is CCCCNCC(C)C(O)(c1ccccc1)c1ccccc1.O=C(O)C=CC(=O)O. The van der Waals surface area contributed by atoms with E-state index < -0.39 is 17.5 Å². The van der Waals surface area contributed by atoms with Gasteiger partial charge in [0.1, 0.15) is 5.60 Å². The minimum atomic E-state index is -1.26. The topological polar surface area (TPSA) is 107 Å². The second kappa shape index (κ2) is 13.3. The van der Waals surface area contributed by atoms with Crippen LogP contribution in [0.25, 0.3) is 0 Å². The van der Waals surface area contributed by atoms with Gasteiger partial charge in [0.2, 0.25) is 0 Å². The second-order valence-corrected chi connectivity index (χ2v) is 6.97. The van der Waals surface area contributed by atoms with Crippen LogP contribution in [0, 0.1) is 5.92 Å². The van der Waals surface area contributed by atoms with Crippen molar-refractivity contribution in [2.45, 2.75) is 32.3 Å². The Morgan fingerprint density at radius 2 is 1.37 bits per heavy atom. The molecule has 0 saturated carbocycles. The monoisotopic (exact) mass is 413 g/mol. The maximum absolute atomic E-state index is 11.5. The fourth-order valence-corrected chi connectivity index (χ4v) is 3.03. The van der Waals surface area contributed by atoms with Gasteiger partial charge in [-0.25, -0.2) is 9.59 Å². The van der Waals surface area contributed by atoms with Crippen molar-refractivity contribution >= 4 is 11.9 Å². The van der Waals surface area contributed by atoms with Crippen molar-refractivity contribution in [2.24, 2.45) is 5.92 Å². The number of carboxylic acids is 2. The number of nitrogens with one attached hydrogen (secondary N) is 1. The summed E-state index contributed by atoms with van der Waals surface area (Å²) in [6.07, 6.45) is 3.47. The average Bonchev–Trinajstić information content (AvgIpc) is 2.76. The zero-order valence-electron chi connectivity index (χ0n) is 17.5. The Kier molecular flexibility index (Phi) is 11.1. The molecule has 2 aromatic rings. The first-order valence-electron chi connectivity index (χ1n) is 10.00. The van der Waals surface area contributed by atoms with Crippen LogP contribution < -0.4 is 5.32 Å². The Hall–Kier alpha value is -2.96. The van der Waals surface area contributed by atoms with Crippen molar-refractivity contribution in [3.63, 3.8) is 0 Å². The first-order valence-corrected chi connectivity index (χ1v) is 10.00. The molecule has 1 unspecified atom stereocenters. The summed E-state index contributed by atoms with van der Waals surface area (Å²) in [5.74, 6) is -2.44. The van der Waals surface area contributed by atoms with Crippen molar-refractivity contribution in [1.82, 2.24) is 5.32 Å². The molecule has 1 atom stereocenters. The van der Waals surface area contributed by atoms with Gasteiger partial charge in [0.15, 0.2) is 0 Å². The molecule has 0 aliphatic heterocycles. The lowest BCUT2D eigenvalue weighted by Crippen LogP contribution is -2.40. The summed E-state index contributed by atoms with van der Waals surface area (Å²) in [4.78, 5) is 19.1. The molecule has 30 heavy (non-hydrogen) atoms. The van der Waals surface area contributed by atoms with Crippen LogP contribution in [0.4, 0.5) is 0 Å². The van der Waals surface area contributed by atoms with Gasteiger partial charge in [-0.15, -0.1) is 0 Å². The minimum Gasteiger partial charge on any atom is -0.478 e. The molecule has 0 aliphatic carbocycles. The number of aliphatic carboxylic acids is 2. The molecule has 6 nitrogen and oxygen atoms in total. The molecule has 0 fully saturated rings. The van der Waals surface area contributed by atoms with E-state index in [2.05, 4.69) is 19.2 Å². The summed E-state index contributed by atoms with van der Waals surface area (Å²) in [5, 5.41) is 30.6. The summed E-state index contributed by atoms with van der Waals surface area (Å²) in [6.45, 7) is 6.09. The molecule has 0 bridgehead atoms. The summed E-state index contributed by atoms with van der Waals surface area (Å²) < 4.78 is 0. The average molecular weight is 414 g/mol. The number of rotatable bonds is 10. The number of hydrogen-bond acceptors (Lipinski definition) is 4. The van der Waals surface area contributed by atoms with E-state index in [1.807, 2.05) is 60.7 Å². The molecule has 0 aliphatic rings. The van der Waals surface area contributed by atoms with Crippen LogP contribution in [0.15, 0.2) is 72.8 Å². The van der Waals surface area contributed by atoms with Crippen LogP contribution in [-0.4, -0.2) is 40.3 Å². The van der Waals surface area contributed by atoms with Crippen LogP contribution in [0.2, 0.25) is 0 Å². The van der Waals surface area contributed by atoms with Crippen molar-refractivity contribution in [2.75, 3.05) is 13.1 Å². The van der Waals surface area contributed by atoms with E-state index in [4.69, 9.17) is 10.2 Å². The van der Waals surface area contributed by atoms with Gasteiger partial charge in [-0.1, -0.05) is 80.9 Å². The van der Waals surface area contributed by atoms with Gasteiger partial charge >= 0.3 is 11.9 Å². The molecule has 0 spiro atoms. The lowest BCUT2D eigenvalue weighted by atomic mass is 9.77.